The molecule has 0 bridgehead atoms. The van der Waals surface area contributed by atoms with E-state index in [-0.39, 0.29) is 18.1 Å². The van der Waals surface area contributed by atoms with Crippen LogP contribution in [0.15, 0.2) is 53.9 Å². The van der Waals surface area contributed by atoms with Gasteiger partial charge in [0, 0.05) is 24.5 Å². The van der Waals surface area contributed by atoms with Gasteiger partial charge < -0.3 is 4.90 Å². The number of amides is 1. The van der Waals surface area contributed by atoms with Gasteiger partial charge in [0.1, 0.15) is 10.8 Å². The van der Waals surface area contributed by atoms with Gasteiger partial charge in [-0.05, 0) is 30.7 Å². The van der Waals surface area contributed by atoms with Crippen LogP contribution < -0.4 is 0 Å². The molecule has 128 valence electrons. The summed E-state index contributed by atoms with van der Waals surface area (Å²) < 4.78 is 12.9. The average Bonchev–Trinajstić information content (AvgIpc) is 3.05. The zero-order valence-corrected chi connectivity index (χ0v) is 15.0. The molecular formula is C20H19FN2OS. The molecule has 1 amide bonds. The van der Waals surface area contributed by atoms with Crippen LogP contribution in [-0.4, -0.2) is 22.8 Å². The quantitative estimate of drug-likeness (QED) is 0.678. The Hall–Kier alpha value is -2.53. The molecule has 3 rings (SSSR count). The first-order valence-corrected chi connectivity index (χ1v) is 8.89. The van der Waals surface area contributed by atoms with Crippen molar-refractivity contribution in [2.45, 2.75) is 19.9 Å². The predicted molar refractivity (Wildman–Crippen MR) is 98.9 cm³/mol. The van der Waals surface area contributed by atoms with Crippen LogP contribution in [0.4, 0.5) is 4.39 Å². The maximum absolute atomic E-state index is 12.9. The summed E-state index contributed by atoms with van der Waals surface area (Å²) in [6, 6.07) is 14.4. The summed E-state index contributed by atoms with van der Waals surface area (Å²) >= 11 is 1.55. The number of hydrogen-bond donors (Lipinski definition) is 0. The third-order valence-electron chi connectivity index (χ3n) is 3.91. The zero-order valence-electron chi connectivity index (χ0n) is 14.2. The van der Waals surface area contributed by atoms with Gasteiger partial charge in [0.25, 0.3) is 0 Å². The van der Waals surface area contributed by atoms with Gasteiger partial charge in [0.05, 0.1) is 12.1 Å². The summed E-state index contributed by atoms with van der Waals surface area (Å²) in [4.78, 5) is 18.6. The molecule has 0 aliphatic heterocycles. The molecule has 0 saturated heterocycles. The van der Waals surface area contributed by atoms with Crippen LogP contribution in [0.1, 0.15) is 16.8 Å². The topological polar surface area (TPSA) is 33.2 Å². The van der Waals surface area contributed by atoms with Gasteiger partial charge >= 0.3 is 0 Å². The van der Waals surface area contributed by atoms with Crippen LogP contribution in [0.5, 0.6) is 0 Å². The summed E-state index contributed by atoms with van der Waals surface area (Å²) in [6.07, 6.45) is 0.264. The van der Waals surface area contributed by atoms with E-state index in [9.17, 15) is 9.18 Å². The van der Waals surface area contributed by atoms with E-state index < -0.39 is 0 Å². The molecule has 0 fully saturated rings. The lowest BCUT2D eigenvalue weighted by atomic mass is 10.1. The van der Waals surface area contributed by atoms with E-state index in [1.54, 1.807) is 35.4 Å². The second kappa shape index (κ2) is 7.57. The Balaban J connectivity index is 1.64. The molecule has 1 aromatic heterocycles. The second-order valence-electron chi connectivity index (χ2n) is 6.07. The minimum atomic E-state index is -0.274. The van der Waals surface area contributed by atoms with E-state index in [4.69, 9.17) is 0 Å². The number of likely N-dealkylation sites (N-methyl/N-ethyl adjacent to an activating group) is 1. The number of halogens is 1. The molecule has 0 unspecified atom stereocenters. The molecule has 3 nitrogen and oxygen atoms in total. The molecule has 0 aliphatic rings. The van der Waals surface area contributed by atoms with E-state index >= 15 is 0 Å². The van der Waals surface area contributed by atoms with Crippen LogP contribution in [0.2, 0.25) is 0 Å². The van der Waals surface area contributed by atoms with Crippen LogP contribution in [0, 0.1) is 12.7 Å². The fourth-order valence-corrected chi connectivity index (χ4v) is 3.36. The highest BCUT2D eigenvalue weighted by molar-refractivity contribution is 7.13. The van der Waals surface area contributed by atoms with Gasteiger partial charge in [-0.2, -0.15) is 0 Å². The Kier molecular flexibility index (Phi) is 5.24. The lowest BCUT2D eigenvalue weighted by Gasteiger charge is -2.16. The monoisotopic (exact) mass is 354 g/mol. The fraction of sp³-hybridized carbons (Fsp3) is 0.200. The van der Waals surface area contributed by atoms with Crippen molar-refractivity contribution in [1.82, 2.24) is 9.88 Å². The van der Waals surface area contributed by atoms with E-state index in [0.29, 0.717) is 6.54 Å². The Morgan fingerprint density at radius 2 is 1.96 bits per heavy atom. The number of benzene rings is 2. The molecule has 25 heavy (non-hydrogen) atoms. The lowest BCUT2D eigenvalue weighted by Crippen LogP contribution is -2.27. The van der Waals surface area contributed by atoms with Gasteiger partial charge in [-0.1, -0.05) is 35.9 Å². The molecule has 1 heterocycles. The van der Waals surface area contributed by atoms with Gasteiger partial charge in [-0.25, -0.2) is 9.37 Å². The molecule has 0 N–H and O–H groups in total. The second-order valence-corrected chi connectivity index (χ2v) is 6.92. The standard InChI is InChI=1S/C20H19FN2OS/c1-14-4-3-5-16(10-14)20-22-18(13-25-20)11-19(24)23(2)12-15-6-8-17(21)9-7-15/h3-10,13H,11-12H2,1-2H3. The van der Waals surface area contributed by atoms with Crippen molar-refractivity contribution in [1.29, 1.82) is 0 Å². The Morgan fingerprint density at radius 1 is 1.20 bits per heavy atom. The first kappa shape index (κ1) is 17.3. The third-order valence-corrected chi connectivity index (χ3v) is 4.85. The van der Waals surface area contributed by atoms with E-state index in [0.717, 1.165) is 21.8 Å². The third kappa shape index (κ3) is 4.51. The summed E-state index contributed by atoms with van der Waals surface area (Å²) in [6.45, 7) is 2.50. The van der Waals surface area contributed by atoms with E-state index in [1.165, 1.54) is 17.7 Å². The normalized spacial score (nSPS) is 10.7. The number of aryl methyl sites for hydroxylation is 1. The molecule has 0 saturated carbocycles. The minimum Gasteiger partial charge on any atom is -0.341 e. The smallest absolute Gasteiger partial charge is 0.228 e. The molecule has 5 heteroatoms. The maximum Gasteiger partial charge on any atom is 0.228 e. The van der Waals surface area contributed by atoms with Crippen molar-refractivity contribution in [2.24, 2.45) is 0 Å². The van der Waals surface area contributed by atoms with Crippen molar-refractivity contribution in [3.63, 3.8) is 0 Å². The van der Waals surface area contributed by atoms with Crippen LogP contribution in [-0.2, 0) is 17.8 Å². The molecule has 3 aromatic rings. The molecule has 0 radical (unpaired) electrons. The van der Waals surface area contributed by atoms with Crippen molar-refractivity contribution < 1.29 is 9.18 Å². The van der Waals surface area contributed by atoms with Crippen LogP contribution in [0.3, 0.4) is 0 Å². The first-order valence-electron chi connectivity index (χ1n) is 8.01. The maximum atomic E-state index is 12.9. The van der Waals surface area contributed by atoms with Gasteiger partial charge in [-0.3, -0.25) is 4.79 Å². The molecule has 0 spiro atoms. The number of hydrogen-bond acceptors (Lipinski definition) is 3. The molecule has 0 aliphatic carbocycles. The van der Waals surface area contributed by atoms with Gasteiger partial charge in [0.2, 0.25) is 5.91 Å². The van der Waals surface area contributed by atoms with Gasteiger partial charge in [0.15, 0.2) is 0 Å². The lowest BCUT2D eigenvalue weighted by molar-refractivity contribution is -0.129. The number of rotatable bonds is 5. The van der Waals surface area contributed by atoms with E-state index in [1.807, 2.05) is 30.5 Å². The largest absolute Gasteiger partial charge is 0.341 e. The number of carbonyl (C=O) groups is 1. The highest BCUT2D eigenvalue weighted by Crippen LogP contribution is 2.24. The summed E-state index contributed by atoms with van der Waals surface area (Å²) in [5.74, 6) is -0.283. The van der Waals surface area contributed by atoms with Crippen molar-refractivity contribution in [3.05, 3.63) is 76.5 Å². The van der Waals surface area contributed by atoms with Gasteiger partial charge in [-0.15, -0.1) is 11.3 Å². The SMILES string of the molecule is Cc1cccc(-c2nc(CC(=O)N(C)Cc3ccc(F)cc3)cs2)c1. The van der Waals surface area contributed by atoms with Crippen LogP contribution >= 0.6 is 11.3 Å². The number of carbonyl (C=O) groups excluding carboxylic acids is 1. The van der Waals surface area contributed by atoms with Crippen molar-refractivity contribution >= 4 is 17.2 Å². The summed E-state index contributed by atoms with van der Waals surface area (Å²) in [5.41, 5.74) is 3.93. The number of aromatic nitrogens is 1. The molecular weight excluding hydrogens is 335 g/mol. The Labute approximate surface area is 150 Å². The highest BCUT2D eigenvalue weighted by atomic mass is 32.1. The number of thiazole rings is 1. The zero-order chi connectivity index (χ0) is 17.8. The molecule has 0 atom stereocenters. The van der Waals surface area contributed by atoms with Crippen molar-refractivity contribution in [2.75, 3.05) is 7.05 Å². The summed E-state index contributed by atoms with van der Waals surface area (Å²) in [7, 11) is 1.75. The first-order chi connectivity index (χ1) is 12.0. The Bertz CT molecular complexity index is 873. The predicted octanol–water partition coefficient (Wildman–Crippen LogP) is 4.46. The summed E-state index contributed by atoms with van der Waals surface area (Å²) in [5, 5.41) is 2.86. The molecule has 2 aromatic carbocycles. The van der Waals surface area contributed by atoms with Crippen molar-refractivity contribution in [3.8, 4) is 10.6 Å². The van der Waals surface area contributed by atoms with Crippen LogP contribution in [0.25, 0.3) is 10.6 Å². The number of nitrogens with zero attached hydrogens (tertiary/aromatic N) is 2. The fourth-order valence-electron chi connectivity index (χ4n) is 2.54. The van der Waals surface area contributed by atoms with E-state index in [2.05, 4.69) is 11.1 Å². The minimum absolute atomic E-state index is 0.00887. The Morgan fingerprint density at radius 3 is 2.68 bits per heavy atom. The highest BCUT2D eigenvalue weighted by Gasteiger charge is 2.13. The average molecular weight is 354 g/mol.